The third-order valence-corrected chi connectivity index (χ3v) is 2.93. The number of para-hydroxylation sites is 2. The van der Waals surface area contributed by atoms with Crippen LogP contribution in [0.2, 0.25) is 0 Å². The predicted molar refractivity (Wildman–Crippen MR) is 84.3 cm³/mol. The minimum absolute atomic E-state index is 0.0899. The van der Waals surface area contributed by atoms with Crippen LogP contribution in [0.1, 0.15) is 26.8 Å². The molecular formula is C16H21N3O3. The van der Waals surface area contributed by atoms with Crippen molar-refractivity contribution in [3.05, 3.63) is 36.5 Å². The van der Waals surface area contributed by atoms with Gasteiger partial charge in [0.25, 0.3) is 5.91 Å². The zero-order valence-electron chi connectivity index (χ0n) is 13.1. The maximum atomic E-state index is 12.0. The van der Waals surface area contributed by atoms with Crippen molar-refractivity contribution in [3.8, 4) is 11.5 Å². The number of anilines is 1. The summed E-state index contributed by atoms with van der Waals surface area (Å²) < 4.78 is 12.7. The summed E-state index contributed by atoms with van der Waals surface area (Å²) in [6, 6.07) is 9.21. The number of nitrogens with zero attached hydrogens (tertiary/aromatic N) is 2. The number of carbonyl (C=O) groups excluding carboxylic acids is 1. The molecule has 1 amide bonds. The largest absolute Gasteiger partial charge is 0.490 e. The van der Waals surface area contributed by atoms with Crippen LogP contribution in [0.15, 0.2) is 36.5 Å². The summed E-state index contributed by atoms with van der Waals surface area (Å²) in [5, 5.41) is 6.96. The molecule has 1 aromatic carbocycles. The van der Waals surface area contributed by atoms with E-state index in [-0.39, 0.29) is 18.6 Å². The van der Waals surface area contributed by atoms with E-state index in [1.807, 2.05) is 39.0 Å². The highest BCUT2D eigenvalue weighted by atomic mass is 16.5. The molecule has 0 saturated heterocycles. The van der Waals surface area contributed by atoms with E-state index in [4.69, 9.17) is 9.47 Å². The highest BCUT2D eigenvalue weighted by molar-refractivity contribution is 5.91. The fourth-order valence-electron chi connectivity index (χ4n) is 1.99. The molecule has 0 unspecified atom stereocenters. The van der Waals surface area contributed by atoms with Gasteiger partial charge in [0.2, 0.25) is 0 Å². The molecule has 0 bridgehead atoms. The second-order valence-electron chi connectivity index (χ2n) is 4.97. The molecule has 1 aromatic heterocycles. The smallest absolute Gasteiger partial charge is 0.263 e. The van der Waals surface area contributed by atoms with Crippen molar-refractivity contribution >= 4 is 11.7 Å². The molecule has 0 atom stereocenters. The molecule has 0 spiro atoms. The van der Waals surface area contributed by atoms with Gasteiger partial charge in [-0.15, -0.1) is 0 Å². The molecule has 0 aliphatic carbocycles. The molecule has 0 saturated carbocycles. The first kappa shape index (κ1) is 15.9. The fourth-order valence-corrected chi connectivity index (χ4v) is 1.99. The Labute approximate surface area is 130 Å². The molecule has 0 radical (unpaired) electrons. The Morgan fingerprint density at radius 1 is 1.23 bits per heavy atom. The molecule has 0 fully saturated rings. The van der Waals surface area contributed by atoms with Gasteiger partial charge in [-0.3, -0.25) is 4.79 Å². The Balaban J connectivity index is 1.94. The molecule has 1 N–H and O–H groups in total. The van der Waals surface area contributed by atoms with Crippen LogP contribution >= 0.6 is 0 Å². The van der Waals surface area contributed by atoms with Crippen LogP contribution in [0, 0.1) is 0 Å². The maximum absolute atomic E-state index is 12.0. The standard InChI is InChI=1S/C16H21N3O3/c1-4-21-13-7-5-6-8-14(13)22-11-16(20)18-15-9-10-17-19(15)12(2)3/h5-10,12H,4,11H2,1-3H3,(H,18,20). The van der Waals surface area contributed by atoms with Crippen LogP contribution in [0.4, 0.5) is 5.82 Å². The van der Waals surface area contributed by atoms with Crippen LogP contribution in [0.3, 0.4) is 0 Å². The number of benzene rings is 1. The number of hydrogen-bond donors (Lipinski definition) is 1. The third-order valence-electron chi connectivity index (χ3n) is 2.93. The summed E-state index contributed by atoms with van der Waals surface area (Å²) in [6.45, 7) is 6.35. The van der Waals surface area contributed by atoms with E-state index in [0.29, 0.717) is 23.9 Å². The van der Waals surface area contributed by atoms with Crippen molar-refractivity contribution in [2.45, 2.75) is 26.8 Å². The first-order valence-electron chi connectivity index (χ1n) is 7.29. The number of ether oxygens (including phenoxy) is 2. The summed E-state index contributed by atoms with van der Waals surface area (Å²) in [5.41, 5.74) is 0. The highest BCUT2D eigenvalue weighted by Gasteiger charge is 2.11. The average Bonchev–Trinajstić information content (AvgIpc) is 2.95. The first-order chi connectivity index (χ1) is 10.6. The van der Waals surface area contributed by atoms with Crippen molar-refractivity contribution in [3.63, 3.8) is 0 Å². The molecule has 2 aromatic rings. The molecule has 0 aliphatic heterocycles. The molecule has 2 rings (SSSR count). The van der Waals surface area contributed by atoms with Crippen molar-refractivity contribution < 1.29 is 14.3 Å². The van der Waals surface area contributed by atoms with Gasteiger partial charge in [-0.25, -0.2) is 4.68 Å². The minimum Gasteiger partial charge on any atom is -0.490 e. The minimum atomic E-state index is -0.242. The zero-order valence-corrected chi connectivity index (χ0v) is 13.1. The van der Waals surface area contributed by atoms with Gasteiger partial charge in [0.05, 0.1) is 12.8 Å². The van der Waals surface area contributed by atoms with Crippen LogP contribution < -0.4 is 14.8 Å². The van der Waals surface area contributed by atoms with Gasteiger partial charge in [0.15, 0.2) is 18.1 Å². The fraction of sp³-hybridized carbons (Fsp3) is 0.375. The number of carbonyl (C=O) groups is 1. The van der Waals surface area contributed by atoms with E-state index < -0.39 is 0 Å². The molecule has 118 valence electrons. The van der Waals surface area contributed by atoms with E-state index >= 15 is 0 Å². The van der Waals surface area contributed by atoms with Crippen LogP contribution in [-0.2, 0) is 4.79 Å². The Morgan fingerprint density at radius 3 is 2.55 bits per heavy atom. The molecule has 0 aliphatic rings. The lowest BCUT2D eigenvalue weighted by molar-refractivity contribution is -0.118. The third kappa shape index (κ3) is 4.00. The molecule has 1 heterocycles. The van der Waals surface area contributed by atoms with Crippen molar-refractivity contribution in [1.29, 1.82) is 0 Å². The van der Waals surface area contributed by atoms with Crippen molar-refractivity contribution in [2.24, 2.45) is 0 Å². The maximum Gasteiger partial charge on any atom is 0.263 e. The summed E-state index contributed by atoms with van der Waals surface area (Å²) >= 11 is 0. The second kappa shape index (κ2) is 7.49. The average molecular weight is 303 g/mol. The molecule has 6 nitrogen and oxygen atoms in total. The van der Waals surface area contributed by atoms with Crippen molar-refractivity contribution in [1.82, 2.24) is 9.78 Å². The Hall–Kier alpha value is -2.50. The van der Waals surface area contributed by atoms with Gasteiger partial charge in [0.1, 0.15) is 5.82 Å². The van der Waals surface area contributed by atoms with Gasteiger partial charge in [-0.05, 0) is 32.9 Å². The zero-order chi connectivity index (χ0) is 15.9. The van der Waals surface area contributed by atoms with Crippen LogP contribution in [-0.4, -0.2) is 28.9 Å². The van der Waals surface area contributed by atoms with Gasteiger partial charge in [0, 0.05) is 12.1 Å². The highest BCUT2D eigenvalue weighted by Crippen LogP contribution is 2.26. The number of nitrogens with one attached hydrogen (secondary N) is 1. The lowest BCUT2D eigenvalue weighted by Gasteiger charge is -2.13. The van der Waals surface area contributed by atoms with E-state index in [0.717, 1.165) is 0 Å². The summed E-state index contributed by atoms with van der Waals surface area (Å²) in [5.74, 6) is 1.59. The van der Waals surface area contributed by atoms with Gasteiger partial charge < -0.3 is 14.8 Å². The topological polar surface area (TPSA) is 65.4 Å². The molecule has 22 heavy (non-hydrogen) atoms. The SMILES string of the molecule is CCOc1ccccc1OCC(=O)Nc1ccnn1C(C)C. The Kier molecular flexibility index (Phi) is 5.41. The molecular weight excluding hydrogens is 282 g/mol. The van der Waals surface area contributed by atoms with Gasteiger partial charge in [-0.2, -0.15) is 5.10 Å². The quantitative estimate of drug-likeness (QED) is 0.854. The molecule has 6 heteroatoms. The van der Waals surface area contributed by atoms with Crippen LogP contribution in [0.5, 0.6) is 11.5 Å². The van der Waals surface area contributed by atoms with E-state index in [9.17, 15) is 4.79 Å². The van der Waals surface area contributed by atoms with Gasteiger partial charge in [-0.1, -0.05) is 12.1 Å². The summed E-state index contributed by atoms with van der Waals surface area (Å²) in [7, 11) is 0. The van der Waals surface area contributed by atoms with E-state index in [1.165, 1.54) is 0 Å². The van der Waals surface area contributed by atoms with Crippen LogP contribution in [0.25, 0.3) is 0 Å². The van der Waals surface area contributed by atoms with Gasteiger partial charge >= 0.3 is 0 Å². The monoisotopic (exact) mass is 303 g/mol. The summed E-state index contributed by atoms with van der Waals surface area (Å²) in [6.07, 6.45) is 1.65. The number of amides is 1. The van der Waals surface area contributed by atoms with E-state index in [2.05, 4.69) is 10.4 Å². The Bertz CT molecular complexity index is 623. The summed E-state index contributed by atoms with van der Waals surface area (Å²) in [4.78, 5) is 12.0. The number of hydrogen-bond acceptors (Lipinski definition) is 4. The predicted octanol–water partition coefficient (Wildman–Crippen LogP) is 2.88. The normalized spacial score (nSPS) is 10.5. The second-order valence-corrected chi connectivity index (χ2v) is 4.97. The van der Waals surface area contributed by atoms with E-state index in [1.54, 1.807) is 23.0 Å². The Morgan fingerprint density at radius 2 is 1.91 bits per heavy atom. The number of aromatic nitrogens is 2. The number of rotatable bonds is 7. The first-order valence-corrected chi connectivity index (χ1v) is 7.29. The lowest BCUT2D eigenvalue weighted by Crippen LogP contribution is -2.22. The van der Waals surface area contributed by atoms with Crippen molar-refractivity contribution in [2.75, 3.05) is 18.5 Å². The lowest BCUT2D eigenvalue weighted by atomic mass is 10.3.